The highest BCUT2D eigenvalue weighted by Crippen LogP contribution is 2.42. The smallest absolute Gasteiger partial charge is 0.201 e. The van der Waals surface area contributed by atoms with Gasteiger partial charge in [-0.05, 0) is 29.5 Å². The van der Waals surface area contributed by atoms with Gasteiger partial charge in [0.1, 0.15) is 0 Å². The lowest BCUT2D eigenvalue weighted by atomic mass is 10.0. The number of phenolic OH excluding ortho intramolecular Hbond substituents is 2. The third-order valence-corrected chi connectivity index (χ3v) is 2.72. The molecule has 0 unspecified atom stereocenters. The number of hydrogen-bond acceptors (Lipinski definition) is 4. The minimum atomic E-state index is -0.263. The maximum atomic E-state index is 9.69. The highest BCUT2D eigenvalue weighted by Gasteiger charge is 2.12. The molecule has 0 aliphatic heterocycles. The average Bonchev–Trinajstić information content (AvgIpc) is 2.32. The fourth-order valence-corrected chi connectivity index (χ4v) is 1.88. The van der Waals surface area contributed by atoms with Crippen molar-refractivity contribution in [2.24, 2.45) is 0 Å². The molecule has 0 radical (unpaired) electrons. The molecule has 2 rings (SSSR count). The lowest BCUT2D eigenvalue weighted by Crippen LogP contribution is -1.92. The Hall–Kier alpha value is -1.94. The predicted octanol–water partition coefficient (Wildman–Crippen LogP) is 1.79. The largest absolute Gasteiger partial charge is 0.504 e. The molecule has 4 heteroatoms. The molecule has 0 amide bonds. The first-order chi connectivity index (χ1) is 8.17. The van der Waals surface area contributed by atoms with Crippen LogP contribution in [0.5, 0.6) is 17.2 Å². The van der Waals surface area contributed by atoms with Gasteiger partial charge in [0.15, 0.2) is 11.5 Å². The summed E-state index contributed by atoms with van der Waals surface area (Å²) in [5, 5.41) is 29.6. The van der Waals surface area contributed by atoms with Crippen molar-refractivity contribution in [1.29, 1.82) is 0 Å². The summed E-state index contributed by atoms with van der Waals surface area (Å²) in [5.41, 5.74) is 0.948. The molecule has 0 heterocycles. The van der Waals surface area contributed by atoms with E-state index in [1.165, 1.54) is 13.2 Å². The Labute approximate surface area is 98.7 Å². The van der Waals surface area contributed by atoms with Crippen LogP contribution in [0.3, 0.4) is 0 Å². The topological polar surface area (TPSA) is 69.9 Å². The number of aliphatic hydroxyl groups excluding tert-OH is 1. The standard InChI is InChI=1S/C13H14O4/c1-17-13-10-6-8(4-5-14)2-3-9(10)7-11(15)12(13)16/h2-3,6-7,14-16H,4-5H2,1H3. The van der Waals surface area contributed by atoms with E-state index in [-0.39, 0.29) is 23.9 Å². The quantitative estimate of drug-likeness (QED) is 0.708. The Morgan fingerprint density at radius 1 is 1.18 bits per heavy atom. The number of benzene rings is 2. The van der Waals surface area contributed by atoms with Gasteiger partial charge in [-0.2, -0.15) is 0 Å². The molecule has 0 spiro atoms. The Morgan fingerprint density at radius 2 is 1.94 bits per heavy atom. The van der Waals surface area contributed by atoms with Crippen molar-refractivity contribution in [3.63, 3.8) is 0 Å². The number of aliphatic hydroxyl groups is 1. The van der Waals surface area contributed by atoms with Crippen LogP contribution in [0.15, 0.2) is 24.3 Å². The minimum absolute atomic E-state index is 0.0673. The zero-order valence-corrected chi connectivity index (χ0v) is 9.47. The zero-order chi connectivity index (χ0) is 12.4. The van der Waals surface area contributed by atoms with Crippen LogP contribution in [0.1, 0.15) is 5.56 Å². The first-order valence-corrected chi connectivity index (χ1v) is 5.29. The average molecular weight is 234 g/mol. The van der Waals surface area contributed by atoms with Gasteiger partial charge in [-0.1, -0.05) is 12.1 Å². The number of hydrogen-bond donors (Lipinski definition) is 3. The second-order valence-corrected chi connectivity index (χ2v) is 3.81. The molecular formula is C13H14O4. The van der Waals surface area contributed by atoms with Gasteiger partial charge in [0.05, 0.1) is 7.11 Å². The van der Waals surface area contributed by atoms with Crippen LogP contribution in [0.4, 0.5) is 0 Å². The SMILES string of the molecule is COc1c(O)c(O)cc2ccc(CCO)cc12. The molecule has 0 saturated heterocycles. The third-order valence-electron chi connectivity index (χ3n) is 2.72. The summed E-state index contributed by atoms with van der Waals surface area (Å²) in [6.07, 6.45) is 0.542. The molecule has 0 saturated carbocycles. The molecule has 2 aromatic carbocycles. The van der Waals surface area contributed by atoms with Gasteiger partial charge < -0.3 is 20.1 Å². The lowest BCUT2D eigenvalue weighted by Gasteiger charge is -2.10. The van der Waals surface area contributed by atoms with Crippen molar-refractivity contribution >= 4 is 10.8 Å². The van der Waals surface area contributed by atoms with E-state index in [0.29, 0.717) is 11.8 Å². The summed E-state index contributed by atoms with van der Waals surface area (Å²) in [5.74, 6) is -0.217. The molecule has 3 N–H and O–H groups in total. The van der Waals surface area contributed by atoms with Crippen molar-refractivity contribution in [3.05, 3.63) is 29.8 Å². The van der Waals surface area contributed by atoms with Gasteiger partial charge in [-0.3, -0.25) is 0 Å². The number of rotatable bonds is 3. The van der Waals surface area contributed by atoms with Crippen LogP contribution in [-0.2, 0) is 6.42 Å². The summed E-state index contributed by atoms with van der Waals surface area (Å²) in [4.78, 5) is 0. The molecule has 0 aliphatic carbocycles. The van der Waals surface area contributed by atoms with Gasteiger partial charge in [0.2, 0.25) is 5.75 Å². The maximum Gasteiger partial charge on any atom is 0.201 e. The number of fused-ring (bicyclic) bond motifs is 1. The van der Waals surface area contributed by atoms with E-state index in [1.54, 1.807) is 0 Å². The van der Waals surface area contributed by atoms with E-state index in [1.807, 2.05) is 18.2 Å². The van der Waals surface area contributed by atoms with Gasteiger partial charge in [-0.25, -0.2) is 0 Å². The highest BCUT2D eigenvalue weighted by atomic mass is 16.5. The van der Waals surface area contributed by atoms with E-state index in [2.05, 4.69) is 0 Å². The van der Waals surface area contributed by atoms with Crippen molar-refractivity contribution < 1.29 is 20.1 Å². The molecule has 17 heavy (non-hydrogen) atoms. The van der Waals surface area contributed by atoms with Crippen molar-refractivity contribution in [3.8, 4) is 17.2 Å². The Morgan fingerprint density at radius 3 is 2.59 bits per heavy atom. The number of aromatic hydroxyl groups is 2. The first kappa shape index (κ1) is 11.5. The van der Waals surface area contributed by atoms with Crippen LogP contribution >= 0.6 is 0 Å². The number of methoxy groups -OCH3 is 1. The van der Waals surface area contributed by atoms with Gasteiger partial charge in [-0.15, -0.1) is 0 Å². The van der Waals surface area contributed by atoms with Crippen LogP contribution in [0.2, 0.25) is 0 Å². The van der Waals surface area contributed by atoms with Crippen LogP contribution in [0, 0.1) is 0 Å². The summed E-state index contributed by atoms with van der Waals surface area (Å²) >= 11 is 0. The molecule has 2 aromatic rings. The van der Waals surface area contributed by atoms with Gasteiger partial charge >= 0.3 is 0 Å². The summed E-state index contributed by atoms with van der Waals surface area (Å²) in [6.45, 7) is 0.0673. The lowest BCUT2D eigenvalue weighted by molar-refractivity contribution is 0.299. The molecule has 0 atom stereocenters. The van der Waals surface area contributed by atoms with Crippen molar-refractivity contribution in [1.82, 2.24) is 0 Å². The Bertz CT molecular complexity index is 549. The first-order valence-electron chi connectivity index (χ1n) is 5.29. The molecule has 0 bridgehead atoms. The zero-order valence-electron chi connectivity index (χ0n) is 9.47. The van der Waals surface area contributed by atoms with Crippen LogP contribution < -0.4 is 4.74 Å². The van der Waals surface area contributed by atoms with Crippen molar-refractivity contribution in [2.45, 2.75) is 6.42 Å². The number of ether oxygens (including phenoxy) is 1. The number of phenols is 2. The summed E-state index contributed by atoms with van der Waals surface area (Å²) < 4.78 is 5.10. The van der Waals surface area contributed by atoms with Crippen LogP contribution in [0.25, 0.3) is 10.8 Å². The predicted molar refractivity (Wildman–Crippen MR) is 64.6 cm³/mol. The molecule has 0 fully saturated rings. The van der Waals surface area contributed by atoms with Gasteiger partial charge in [0.25, 0.3) is 0 Å². The van der Waals surface area contributed by atoms with E-state index >= 15 is 0 Å². The fraction of sp³-hybridized carbons (Fsp3) is 0.231. The highest BCUT2D eigenvalue weighted by molar-refractivity contribution is 5.93. The van der Waals surface area contributed by atoms with Gasteiger partial charge in [0, 0.05) is 12.0 Å². The minimum Gasteiger partial charge on any atom is -0.504 e. The van der Waals surface area contributed by atoms with Crippen molar-refractivity contribution in [2.75, 3.05) is 13.7 Å². The second-order valence-electron chi connectivity index (χ2n) is 3.81. The second kappa shape index (κ2) is 4.51. The molecular weight excluding hydrogens is 220 g/mol. The summed E-state index contributed by atoms with van der Waals surface area (Å²) in [6, 6.07) is 7.01. The molecule has 90 valence electrons. The van der Waals surface area contributed by atoms with E-state index in [9.17, 15) is 10.2 Å². The fourth-order valence-electron chi connectivity index (χ4n) is 1.88. The maximum absolute atomic E-state index is 9.69. The normalized spacial score (nSPS) is 10.7. The van der Waals surface area contributed by atoms with E-state index in [4.69, 9.17) is 9.84 Å². The Balaban J connectivity index is 2.70. The van der Waals surface area contributed by atoms with E-state index in [0.717, 1.165) is 10.9 Å². The van der Waals surface area contributed by atoms with Crippen LogP contribution in [-0.4, -0.2) is 29.0 Å². The monoisotopic (exact) mass is 234 g/mol. The van der Waals surface area contributed by atoms with E-state index < -0.39 is 0 Å². The molecule has 0 aromatic heterocycles. The Kier molecular flexibility index (Phi) is 3.06. The third kappa shape index (κ3) is 1.99. The molecule has 4 nitrogen and oxygen atoms in total. The molecule has 0 aliphatic rings. The summed E-state index contributed by atoms with van der Waals surface area (Å²) in [7, 11) is 1.44.